The fourth-order valence-electron chi connectivity index (χ4n) is 2.12. The van der Waals surface area contributed by atoms with Crippen molar-refractivity contribution in [3.63, 3.8) is 0 Å². The zero-order valence-electron chi connectivity index (χ0n) is 12.1. The van der Waals surface area contributed by atoms with E-state index in [0.29, 0.717) is 24.9 Å². The summed E-state index contributed by atoms with van der Waals surface area (Å²) < 4.78 is 0. The molecule has 2 heterocycles. The van der Waals surface area contributed by atoms with Gasteiger partial charge in [-0.3, -0.25) is 9.59 Å². The monoisotopic (exact) mass is 342 g/mol. The number of amides is 2. The molecule has 1 aliphatic heterocycles. The van der Waals surface area contributed by atoms with Gasteiger partial charge in [-0.25, -0.2) is 4.98 Å². The molecule has 1 atom stereocenters. The number of halogens is 1. The summed E-state index contributed by atoms with van der Waals surface area (Å²) in [5.74, 6) is 1.42. The van der Waals surface area contributed by atoms with Crippen LogP contribution < -0.4 is 11.1 Å². The first kappa shape index (κ1) is 17.1. The lowest BCUT2D eigenvalue weighted by atomic mass is 10.1. The molecule has 8 heteroatoms. The number of hydrogen-bond acceptors (Lipinski definition) is 5. The molecule has 22 heavy (non-hydrogen) atoms. The number of hydrogen-bond donors (Lipinski definition) is 2. The minimum Gasteiger partial charge on any atom is -0.352 e. The van der Waals surface area contributed by atoms with Crippen LogP contribution in [0.5, 0.6) is 0 Å². The van der Waals surface area contributed by atoms with Crippen molar-refractivity contribution in [2.75, 3.05) is 24.7 Å². The SMILES string of the molecule is N[C@@H](CCCNC(=O)c1cccnc1Cl)C(=O)N1CCSC1. The number of rotatable bonds is 6. The van der Waals surface area contributed by atoms with Crippen LogP contribution in [0.4, 0.5) is 0 Å². The standard InChI is InChI=1S/C14H19ClN4O2S/c15-12-10(3-1-5-17-12)13(20)18-6-2-4-11(16)14(21)19-7-8-22-9-19/h1,3,5,11H,2,4,6-9,16H2,(H,18,20)/t11-/m0/s1. The van der Waals surface area contributed by atoms with E-state index < -0.39 is 6.04 Å². The van der Waals surface area contributed by atoms with E-state index in [9.17, 15) is 9.59 Å². The second-order valence-electron chi connectivity index (χ2n) is 4.99. The van der Waals surface area contributed by atoms with Crippen molar-refractivity contribution in [1.82, 2.24) is 15.2 Å². The van der Waals surface area contributed by atoms with Gasteiger partial charge >= 0.3 is 0 Å². The minimum atomic E-state index is -0.502. The molecule has 6 nitrogen and oxygen atoms in total. The molecule has 1 saturated heterocycles. The Bertz CT molecular complexity index is 537. The smallest absolute Gasteiger partial charge is 0.254 e. The van der Waals surface area contributed by atoms with E-state index in [0.717, 1.165) is 18.2 Å². The molecule has 2 amide bonds. The minimum absolute atomic E-state index is 0.00775. The van der Waals surface area contributed by atoms with Gasteiger partial charge in [-0.15, -0.1) is 11.8 Å². The first-order valence-electron chi connectivity index (χ1n) is 7.10. The predicted molar refractivity (Wildman–Crippen MR) is 87.8 cm³/mol. The molecule has 0 spiro atoms. The highest BCUT2D eigenvalue weighted by atomic mass is 35.5. The van der Waals surface area contributed by atoms with Crippen LogP contribution in [0.1, 0.15) is 23.2 Å². The first-order chi connectivity index (χ1) is 10.6. The predicted octanol–water partition coefficient (Wildman–Crippen LogP) is 1.11. The van der Waals surface area contributed by atoms with Crippen molar-refractivity contribution >= 4 is 35.2 Å². The molecule has 0 radical (unpaired) electrons. The molecule has 3 N–H and O–H groups in total. The van der Waals surface area contributed by atoms with Crippen LogP contribution >= 0.6 is 23.4 Å². The topological polar surface area (TPSA) is 88.3 Å². The van der Waals surface area contributed by atoms with Gasteiger partial charge in [0.15, 0.2) is 0 Å². The Morgan fingerprint density at radius 1 is 1.55 bits per heavy atom. The van der Waals surface area contributed by atoms with E-state index in [4.69, 9.17) is 17.3 Å². The highest BCUT2D eigenvalue weighted by molar-refractivity contribution is 7.99. The number of thioether (sulfide) groups is 1. The molecule has 120 valence electrons. The van der Waals surface area contributed by atoms with Crippen LogP contribution in [0, 0.1) is 0 Å². The molecule has 0 unspecified atom stereocenters. The fourth-order valence-corrected chi connectivity index (χ4v) is 3.28. The highest BCUT2D eigenvalue weighted by Gasteiger charge is 2.23. The van der Waals surface area contributed by atoms with Gasteiger partial charge in [0.2, 0.25) is 5.91 Å². The lowest BCUT2D eigenvalue weighted by Gasteiger charge is -2.19. The molecule has 1 aromatic heterocycles. The van der Waals surface area contributed by atoms with E-state index in [1.165, 1.54) is 6.20 Å². The van der Waals surface area contributed by atoms with Gasteiger partial charge in [-0.1, -0.05) is 11.6 Å². The second-order valence-corrected chi connectivity index (χ2v) is 6.42. The van der Waals surface area contributed by atoms with E-state index >= 15 is 0 Å². The molecule has 0 saturated carbocycles. The van der Waals surface area contributed by atoms with Crippen LogP contribution in [-0.4, -0.2) is 52.5 Å². The highest BCUT2D eigenvalue weighted by Crippen LogP contribution is 2.15. The largest absolute Gasteiger partial charge is 0.352 e. The number of nitrogens with two attached hydrogens (primary N) is 1. The van der Waals surface area contributed by atoms with Crippen molar-refractivity contribution in [2.24, 2.45) is 5.73 Å². The van der Waals surface area contributed by atoms with E-state index in [1.807, 2.05) is 0 Å². The Hall–Kier alpha value is -1.31. The maximum atomic E-state index is 12.0. The van der Waals surface area contributed by atoms with Gasteiger partial charge in [-0.2, -0.15) is 0 Å². The number of aromatic nitrogens is 1. The fraction of sp³-hybridized carbons (Fsp3) is 0.500. The summed E-state index contributed by atoms with van der Waals surface area (Å²) in [5.41, 5.74) is 6.25. The summed E-state index contributed by atoms with van der Waals surface area (Å²) in [6.07, 6.45) is 2.71. The normalized spacial score (nSPS) is 15.6. The molecule has 0 aliphatic carbocycles. The van der Waals surface area contributed by atoms with Crippen molar-refractivity contribution in [3.8, 4) is 0 Å². The lowest BCUT2D eigenvalue weighted by molar-refractivity contribution is -0.131. The summed E-state index contributed by atoms with van der Waals surface area (Å²) in [7, 11) is 0. The molecular formula is C14H19ClN4O2S. The maximum Gasteiger partial charge on any atom is 0.254 e. The number of nitrogens with one attached hydrogen (secondary N) is 1. The Morgan fingerprint density at radius 2 is 2.36 bits per heavy atom. The van der Waals surface area contributed by atoms with Crippen molar-refractivity contribution in [3.05, 3.63) is 29.0 Å². The molecule has 1 fully saturated rings. The van der Waals surface area contributed by atoms with E-state index in [2.05, 4.69) is 10.3 Å². The van der Waals surface area contributed by atoms with Gasteiger partial charge in [0.05, 0.1) is 17.5 Å². The van der Waals surface area contributed by atoms with Crippen molar-refractivity contribution in [1.29, 1.82) is 0 Å². The first-order valence-corrected chi connectivity index (χ1v) is 8.63. The zero-order valence-corrected chi connectivity index (χ0v) is 13.7. The lowest BCUT2D eigenvalue weighted by Crippen LogP contribution is -2.42. The third kappa shape index (κ3) is 4.59. The zero-order chi connectivity index (χ0) is 15.9. The summed E-state index contributed by atoms with van der Waals surface area (Å²) in [4.78, 5) is 29.6. The van der Waals surface area contributed by atoms with Crippen LogP contribution in [0.25, 0.3) is 0 Å². The van der Waals surface area contributed by atoms with Gasteiger partial charge in [0.25, 0.3) is 5.91 Å². The van der Waals surface area contributed by atoms with E-state index in [1.54, 1.807) is 28.8 Å². The number of pyridine rings is 1. The van der Waals surface area contributed by atoms with Crippen LogP contribution in [0.15, 0.2) is 18.3 Å². The molecule has 0 bridgehead atoms. The average molecular weight is 343 g/mol. The quantitative estimate of drug-likeness (QED) is 0.597. The van der Waals surface area contributed by atoms with Crippen molar-refractivity contribution in [2.45, 2.75) is 18.9 Å². The molecule has 2 rings (SSSR count). The Labute approximate surface area is 138 Å². The van der Waals surface area contributed by atoms with Crippen LogP contribution in [-0.2, 0) is 4.79 Å². The van der Waals surface area contributed by atoms with Crippen LogP contribution in [0.2, 0.25) is 5.15 Å². The molecule has 0 aromatic carbocycles. The maximum absolute atomic E-state index is 12.0. The molecular weight excluding hydrogens is 324 g/mol. The van der Waals surface area contributed by atoms with E-state index in [-0.39, 0.29) is 17.0 Å². The van der Waals surface area contributed by atoms with Gasteiger partial charge in [0, 0.05) is 25.0 Å². The Kier molecular flexibility index (Phi) is 6.48. The Balaban J connectivity index is 1.69. The number of carbonyl (C=O) groups is 2. The summed E-state index contributed by atoms with van der Waals surface area (Å²) >= 11 is 7.59. The number of carbonyl (C=O) groups excluding carboxylic acids is 2. The Morgan fingerprint density at radius 3 is 3.05 bits per heavy atom. The summed E-state index contributed by atoms with van der Waals surface area (Å²) in [6.45, 7) is 1.22. The third-order valence-electron chi connectivity index (χ3n) is 3.36. The van der Waals surface area contributed by atoms with Gasteiger partial charge in [-0.05, 0) is 25.0 Å². The average Bonchev–Trinajstić information content (AvgIpc) is 3.05. The van der Waals surface area contributed by atoms with Crippen molar-refractivity contribution < 1.29 is 9.59 Å². The van der Waals surface area contributed by atoms with Crippen LogP contribution in [0.3, 0.4) is 0 Å². The second kappa shape index (κ2) is 8.36. The van der Waals surface area contributed by atoms with Gasteiger partial charge < -0.3 is 16.0 Å². The molecule has 1 aromatic rings. The summed E-state index contributed by atoms with van der Waals surface area (Å²) in [5, 5.41) is 2.93. The van der Waals surface area contributed by atoms with Gasteiger partial charge in [0.1, 0.15) is 5.15 Å². The summed E-state index contributed by atoms with van der Waals surface area (Å²) in [6, 6.07) is 2.77. The number of nitrogens with zero attached hydrogens (tertiary/aromatic N) is 2. The third-order valence-corrected chi connectivity index (χ3v) is 4.63. The molecule has 1 aliphatic rings.